The smallest absolute Gasteiger partial charge is 0.363 e. The Hall–Kier alpha value is -1.87. The minimum atomic E-state index is -0.484. The summed E-state index contributed by atoms with van der Waals surface area (Å²) in [7, 11) is 0. The average molecular weight is 542 g/mol. The summed E-state index contributed by atoms with van der Waals surface area (Å²) in [6.45, 7) is 4.90. The second-order valence-corrected chi connectivity index (χ2v) is 7.53. The minimum absolute atomic E-state index is 0.239. The number of cyclic esters (lactones) is 1. The van der Waals surface area contributed by atoms with Crippen molar-refractivity contribution in [3.8, 4) is 11.5 Å². The van der Waals surface area contributed by atoms with Gasteiger partial charge in [0.25, 0.3) is 0 Å². The molecule has 3 rings (SSSR count). The number of halogens is 2. The van der Waals surface area contributed by atoms with Crippen LogP contribution in [0.4, 0.5) is 0 Å². The first kappa shape index (κ1) is 19.9. The minimum Gasteiger partial charge on any atom is -0.490 e. The number of hydrogen-bond acceptors (Lipinski definition) is 5. The summed E-state index contributed by atoms with van der Waals surface area (Å²) in [5.74, 6) is 1.14. The molecule has 2 aromatic rings. The fourth-order valence-electron chi connectivity index (χ4n) is 2.54. The lowest BCUT2D eigenvalue weighted by Crippen LogP contribution is -2.06. The highest BCUT2D eigenvalue weighted by atomic mass is 127. The maximum absolute atomic E-state index is 12.3. The van der Waals surface area contributed by atoms with Crippen LogP contribution in [-0.4, -0.2) is 25.1 Å². The van der Waals surface area contributed by atoms with Gasteiger partial charge in [-0.1, -0.05) is 12.1 Å². The van der Waals surface area contributed by atoms with Gasteiger partial charge in [-0.3, -0.25) is 0 Å². The van der Waals surface area contributed by atoms with Crippen molar-refractivity contribution in [1.82, 2.24) is 0 Å². The Morgan fingerprint density at radius 3 is 2.63 bits per heavy atom. The monoisotopic (exact) mass is 541 g/mol. The molecule has 0 bridgehead atoms. The average Bonchev–Trinajstić information content (AvgIpc) is 2.99. The Bertz CT molecular complexity index is 940. The molecule has 0 fully saturated rings. The molecular formula is C20H17BrINO4. The number of esters is 1. The molecule has 0 radical (unpaired) electrons. The fraction of sp³-hybridized carbons (Fsp3) is 0.200. The summed E-state index contributed by atoms with van der Waals surface area (Å²) >= 11 is 5.64. The number of carbonyl (C=O) groups excluding carboxylic acids is 1. The Kier molecular flexibility index (Phi) is 6.54. The van der Waals surface area contributed by atoms with E-state index in [2.05, 4.69) is 43.5 Å². The van der Waals surface area contributed by atoms with Crippen LogP contribution in [0.15, 0.2) is 51.6 Å². The molecule has 7 heteroatoms. The van der Waals surface area contributed by atoms with Crippen molar-refractivity contribution >= 4 is 56.5 Å². The summed E-state index contributed by atoms with van der Waals surface area (Å²) in [5.41, 5.74) is 1.75. The van der Waals surface area contributed by atoms with Gasteiger partial charge in [0.15, 0.2) is 17.2 Å². The number of ether oxygens (including phenoxy) is 3. The Labute approximate surface area is 179 Å². The van der Waals surface area contributed by atoms with Gasteiger partial charge in [-0.25, -0.2) is 9.79 Å². The zero-order chi connectivity index (χ0) is 19.4. The van der Waals surface area contributed by atoms with Crippen LogP contribution in [0.25, 0.3) is 6.08 Å². The van der Waals surface area contributed by atoms with Crippen LogP contribution >= 0.6 is 38.5 Å². The molecule has 0 spiro atoms. The SMILES string of the molecule is CCOc1cc(/C=C2\N=C(c3ccccc3Br)OC2=O)cc(I)c1OCC. The molecule has 5 nitrogen and oxygen atoms in total. The standard InChI is InChI=1S/C20H17BrINO4/c1-3-25-17-11-12(9-15(22)18(17)26-4-2)10-16-20(24)27-19(23-16)13-7-5-6-8-14(13)21/h5-11H,3-4H2,1-2H3/b16-10-. The number of benzene rings is 2. The summed E-state index contributed by atoms with van der Waals surface area (Å²) < 4.78 is 18.4. The van der Waals surface area contributed by atoms with Crippen molar-refractivity contribution in [3.05, 3.63) is 61.3 Å². The van der Waals surface area contributed by atoms with Crippen LogP contribution < -0.4 is 9.47 Å². The highest BCUT2D eigenvalue weighted by molar-refractivity contribution is 14.1. The Morgan fingerprint density at radius 1 is 1.19 bits per heavy atom. The molecule has 0 aromatic heterocycles. The third-order valence-electron chi connectivity index (χ3n) is 3.65. The second-order valence-electron chi connectivity index (χ2n) is 5.51. The first-order valence-electron chi connectivity index (χ1n) is 8.40. The van der Waals surface area contributed by atoms with Gasteiger partial charge in [-0.05, 0) is 88.3 Å². The van der Waals surface area contributed by atoms with Crippen LogP contribution in [0, 0.1) is 3.57 Å². The van der Waals surface area contributed by atoms with Gasteiger partial charge in [0.1, 0.15) is 0 Å². The molecule has 1 aliphatic rings. The van der Waals surface area contributed by atoms with E-state index in [9.17, 15) is 4.79 Å². The zero-order valence-corrected chi connectivity index (χ0v) is 18.5. The lowest BCUT2D eigenvalue weighted by Gasteiger charge is -2.13. The molecule has 0 saturated carbocycles. The van der Waals surface area contributed by atoms with Gasteiger partial charge in [0.05, 0.1) is 22.3 Å². The maximum Gasteiger partial charge on any atom is 0.363 e. The molecule has 0 atom stereocenters. The normalized spacial score (nSPS) is 14.9. The van der Waals surface area contributed by atoms with E-state index in [1.54, 1.807) is 6.08 Å². The highest BCUT2D eigenvalue weighted by Crippen LogP contribution is 2.35. The van der Waals surface area contributed by atoms with Crippen LogP contribution in [0.1, 0.15) is 25.0 Å². The topological polar surface area (TPSA) is 57.1 Å². The van der Waals surface area contributed by atoms with Gasteiger partial charge < -0.3 is 14.2 Å². The molecule has 1 heterocycles. The van der Waals surface area contributed by atoms with E-state index >= 15 is 0 Å². The molecule has 27 heavy (non-hydrogen) atoms. The van der Waals surface area contributed by atoms with Crippen LogP contribution in [0.5, 0.6) is 11.5 Å². The number of rotatable bonds is 6. The van der Waals surface area contributed by atoms with Crippen LogP contribution in [-0.2, 0) is 9.53 Å². The summed E-state index contributed by atoms with van der Waals surface area (Å²) in [5, 5.41) is 0. The Morgan fingerprint density at radius 2 is 1.93 bits per heavy atom. The first-order chi connectivity index (χ1) is 13.0. The number of hydrogen-bond donors (Lipinski definition) is 0. The number of nitrogens with zero attached hydrogens (tertiary/aromatic N) is 1. The molecule has 140 valence electrons. The lowest BCUT2D eigenvalue weighted by molar-refractivity contribution is -0.129. The van der Waals surface area contributed by atoms with Crippen LogP contribution in [0.3, 0.4) is 0 Å². The van der Waals surface area contributed by atoms with Crippen LogP contribution in [0.2, 0.25) is 0 Å². The van der Waals surface area contributed by atoms with Crippen molar-refractivity contribution in [1.29, 1.82) is 0 Å². The van der Waals surface area contributed by atoms with Crippen molar-refractivity contribution in [2.75, 3.05) is 13.2 Å². The third kappa shape index (κ3) is 4.52. The van der Waals surface area contributed by atoms with Crippen molar-refractivity contribution in [2.45, 2.75) is 13.8 Å². The van der Waals surface area contributed by atoms with Gasteiger partial charge in [-0.15, -0.1) is 0 Å². The van der Waals surface area contributed by atoms with Gasteiger partial charge in [-0.2, -0.15) is 0 Å². The van der Waals surface area contributed by atoms with Gasteiger partial charge >= 0.3 is 5.97 Å². The van der Waals surface area contributed by atoms with Crippen molar-refractivity contribution in [3.63, 3.8) is 0 Å². The third-order valence-corrected chi connectivity index (χ3v) is 5.14. The molecule has 0 aliphatic carbocycles. The summed E-state index contributed by atoms with van der Waals surface area (Å²) in [6.07, 6.45) is 1.69. The maximum atomic E-state index is 12.3. The first-order valence-corrected chi connectivity index (χ1v) is 10.3. The zero-order valence-electron chi connectivity index (χ0n) is 14.8. The summed E-state index contributed by atoms with van der Waals surface area (Å²) in [4.78, 5) is 16.6. The molecule has 0 saturated heterocycles. The second kappa shape index (κ2) is 8.88. The van der Waals surface area contributed by atoms with E-state index in [1.165, 1.54) is 0 Å². The van der Waals surface area contributed by atoms with E-state index in [4.69, 9.17) is 14.2 Å². The number of aliphatic imine (C=N–C) groups is 1. The van der Waals surface area contributed by atoms with Crippen molar-refractivity contribution in [2.24, 2.45) is 4.99 Å². The van der Waals surface area contributed by atoms with Gasteiger partial charge in [0, 0.05) is 4.47 Å². The molecule has 2 aromatic carbocycles. The predicted octanol–water partition coefficient (Wildman–Crippen LogP) is 5.20. The quantitative estimate of drug-likeness (QED) is 0.287. The lowest BCUT2D eigenvalue weighted by atomic mass is 10.1. The van der Waals surface area contributed by atoms with E-state index in [1.807, 2.05) is 50.2 Å². The molecule has 1 aliphatic heterocycles. The van der Waals surface area contributed by atoms with Crippen molar-refractivity contribution < 1.29 is 19.0 Å². The fourth-order valence-corrected chi connectivity index (χ4v) is 3.77. The van der Waals surface area contributed by atoms with E-state index in [0.717, 1.165) is 19.2 Å². The highest BCUT2D eigenvalue weighted by Gasteiger charge is 2.25. The molecular weight excluding hydrogens is 525 g/mol. The van der Waals surface area contributed by atoms with E-state index in [-0.39, 0.29) is 11.6 Å². The van der Waals surface area contributed by atoms with E-state index < -0.39 is 5.97 Å². The number of carbonyl (C=O) groups is 1. The molecule has 0 amide bonds. The largest absolute Gasteiger partial charge is 0.490 e. The molecule has 0 unspecified atom stereocenters. The van der Waals surface area contributed by atoms with E-state index in [0.29, 0.717) is 24.7 Å². The molecule has 0 N–H and O–H groups in total. The summed E-state index contributed by atoms with van der Waals surface area (Å²) in [6, 6.07) is 11.2. The van der Waals surface area contributed by atoms with Gasteiger partial charge in [0.2, 0.25) is 5.90 Å². The predicted molar refractivity (Wildman–Crippen MR) is 116 cm³/mol. The Balaban J connectivity index is 1.98.